The van der Waals surface area contributed by atoms with Crippen LogP contribution in [0.15, 0.2) is 73.1 Å². The van der Waals surface area contributed by atoms with Gasteiger partial charge in [-0.05, 0) is 60.2 Å². The van der Waals surface area contributed by atoms with Crippen LogP contribution < -0.4 is 15.4 Å². The van der Waals surface area contributed by atoms with Gasteiger partial charge in [-0.1, -0.05) is 89.8 Å². The highest BCUT2D eigenvalue weighted by atomic mass is 32.1. The SMILES string of the molecule is CCCCCCCOc1ccc(-c2cnc(-c3ccc(C[C@H](NC(=O)c4ccc(C(C)(C)C)s4)C(=O)NCCCN4CCOCC4)cc3)nc2)cc1. The summed E-state index contributed by atoms with van der Waals surface area (Å²) in [6.45, 7) is 14.1. The maximum absolute atomic E-state index is 13.5. The van der Waals surface area contributed by atoms with Gasteiger partial charge < -0.3 is 20.1 Å². The zero-order valence-electron chi connectivity index (χ0n) is 31.3. The number of ether oxygens (including phenoxy) is 2. The number of nitrogens with zero attached hydrogens (tertiary/aromatic N) is 3. The fourth-order valence-corrected chi connectivity index (χ4v) is 7.02. The van der Waals surface area contributed by atoms with Crippen LogP contribution in [0.4, 0.5) is 0 Å². The van der Waals surface area contributed by atoms with Gasteiger partial charge in [-0.3, -0.25) is 14.5 Å². The van der Waals surface area contributed by atoms with Crippen molar-refractivity contribution in [3.8, 4) is 28.3 Å². The number of amides is 2. The summed E-state index contributed by atoms with van der Waals surface area (Å²) in [5.41, 5.74) is 3.71. The third-order valence-corrected chi connectivity index (χ3v) is 10.8. The molecule has 1 aliphatic rings. The second-order valence-corrected chi connectivity index (χ2v) is 15.6. The highest BCUT2D eigenvalue weighted by molar-refractivity contribution is 7.14. The summed E-state index contributed by atoms with van der Waals surface area (Å²) in [5, 5.41) is 6.10. The Morgan fingerprint density at radius 1 is 0.865 bits per heavy atom. The second-order valence-electron chi connectivity index (χ2n) is 14.5. The third-order valence-electron chi connectivity index (χ3n) is 9.25. The van der Waals surface area contributed by atoms with Gasteiger partial charge in [-0.25, -0.2) is 9.97 Å². The van der Waals surface area contributed by atoms with E-state index in [1.807, 2.05) is 73.1 Å². The Morgan fingerprint density at radius 2 is 1.56 bits per heavy atom. The predicted octanol–water partition coefficient (Wildman–Crippen LogP) is 7.70. The molecule has 0 radical (unpaired) electrons. The fraction of sp³-hybridized carbons (Fsp3) is 0.476. The molecular formula is C42H55N5O4S. The van der Waals surface area contributed by atoms with Crippen molar-refractivity contribution >= 4 is 23.2 Å². The third kappa shape index (κ3) is 12.0. The number of carbonyl (C=O) groups is 2. The average Bonchev–Trinajstić information content (AvgIpc) is 3.68. The molecule has 0 bridgehead atoms. The molecule has 0 spiro atoms. The number of thiophene rings is 1. The topological polar surface area (TPSA) is 106 Å². The number of unbranched alkanes of at least 4 members (excludes halogenated alkanes) is 4. The number of carbonyl (C=O) groups excluding carboxylic acids is 2. The molecule has 5 rings (SSSR count). The summed E-state index contributed by atoms with van der Waals surface area (Å²) < 4.78 is 11.4. The Morgan fingerprint density at radius 3 is 2.23 bits per heavy atom. The monoisotopic (exact) mass is 725 g/mol. The zero-order chi connectivity index (χ0) is 36.8. The van der Waals surface area contributed by atoms with Crippen molar-refractivity contribution in [1.29, 1.82) is 0 Å². The van der Waals surface area contributed by atoms with Crippen LogP contribution in [-0.2, 0) is 21.4 Å². The molecule has 52 heavy (non-hydrogen) atoms. The summed E-state index contributed by atoms with van der Waals surface area (Å²) in [6.07, 6.45) is 11.0. The van der Waals surface area contributed by atoms with E-state index in [0.717, 1.165) is 85.2 Å². The number of morpholine rings is 1. The van der Waals surface area contributed by atoms with Crippen molar-refractivity contribution < 1.29 is 19.1 Å². The molecule has 1 aliphatic heterocycles. The highest BCUT2D eigenvalue weighted by Gasteiger charge is 2.24. The quantitative estimate of drug-likeness (QED) is 0.101. The van der Waals surface area contributed by atoms with Crippen LogP contribution in [-0.4, -0.2) is 78.7 Å². The van der Waals surface area contributed by atoms with Gasteiger partial charge in [0.15, 0.2) is 5.82 Å². The number of hydrogen-bond donors (Lipinski definition) is 2. The lowest BCUT2D eigenvalue weighted by molar-refractivity contribution is -0.123. The van der Waals surface area contributed by atoms with E-state index in [1.165, 1.54) is 37.0 Å². The van der Waals surface area contributed by atoms with Gasteiger partial charge in [0.1, 0.15) is 11.8 Å². The van der Waals surface area contributed by atoms with Gasteiger partial charge in [-0.2, -0.15) is 0 Å². The van der Waals surface area contributed by atoms with Gasteiger partial charge in [0.05, 0.1) is 24.7 Å². The van der Waals surface area contributed by atoms with Crippen LogP contribution in [0, 0.1) is 0 Å². The van der Waals surface area contributed by atoms with Gasteiger partial charge in [0.2, 0.25) is 5.91 Å². The van der Waals surface area contributed by atoms with Crippen LogP contribution >= 0.6 is 11.3 Å². The Hall–Kier alpha value is -4.12. The van der Waals surface area contributed by atoms with Gasteiger partial charge >= 0.3 is 0 Å². The van der Waals surface area contributed by atoms with Crippen LogP contribution in [0.1, 0.15) is 86.3 Å². The minimum Gasteiger partial charge on any atom is -0.494 e. The van der Waals surface area contributed by atoms with Crippen LogP contribution in [0.2, 0.25) is 0 Å². The van der Waals surface area contributed by atoms with Crippen molar-refractivity contribution in [1.82, 2.24) is 25.5 Å². The first kappa shape index (κ1) is 39.1. The molecule has 9 nitrogen and oxygen atoms in total. The maximum Gasteiger partial charge on any atom is 0.262 e. The Kier molecular flexibility index (Phi) is 14.8. The number of hydrogen-bond acceptors (Lipinski definition) is 8. The Bertz CT molecular complexity index is 1680. The lowest BCUT2D eigenvalue weighted by atomic mass is 9.95. The first-order chi connectivity index (χ1) is 25.2. The summed E-state index contributed by atoms with van der Waals surface area (Å²) >= 11 is 1.47. The molecule has 2 aromatic carbocycles. The van der Waals surface area contributed by atoms with E-state index in [1.54, 1.807) is 0 Å². The van der Waals surface area contributed by atoms with Gasteiger partial charge in [0, 0.05) is 54.5 Å². The molecule has 0 aliphatic carbocycles. The van der Waals surface area contributed by atoms with Crippen LogP contribution in [0.5, 0.6) is 5.75 Å². The standard InChI is InChI=1S/C42H55N5O4S/c1-5-6-7-8-9-25-51-35-17-15-32(16-18-35)34-29-44-39(45-30-34)33-13-11-31(12-14-33)28-36(40(48)43-21-10-22-47-23-26-50-27-24-47)46-41(49)37-19-20-38(52-37)42(2,3)4/h11-20,29-30,36H,5-10,21-28H2,1-4H3,(H,43,48)(H,46,49)/t36-/m0/s1. The number of aromatic nitrogens is 2. The van der Waals surface area contributed by atoms with Crippen molar-refractivity contribution in [2.75, 3.05) is 46.0 Å². The molecule has 0 saturated carbocycles. The molecule has 1 saturated heterocycles. The van der Waals surface area contributed by atoms with E-state index in [0.29, 0.717) is 23.7 Å². The molecule has 1 atom stereocenters. The zero-order valence-corrected chi connectivity index (χ0v) is 32.1. The molecule has 10 heteroatoms. The van der Waals surface area contributed by atoms with E-state index in [-0.39, 0.29) is 17.2 Å². The van der Waals surface area contributed by atoms with Gasteiger partial charge in [-0.15, -0.1) is 11.3 Å². The molecule has 2 N–H and O–H groups in total. The van der Waals surface area contributed by atoms with E-state index in [4.69, 9.17) is 9.47 Å². The Labute approximate surface area is 313 Å². The summed E-state index contributed by atoms with van der Waals surface area (Å²) in [7, 11) is 0. The fourth-order valence-electron chi connectivity index (χ4n) is 6.05. The summed E-state index contributed by atoms with van der Waals surface area (Å²) in [5.74, 6) is 1.07. The number of benzene rings is 2. The normalized spacial score (nSPS) is 14.2. The first-order valence-corrected chi connectivity index (χ1v) is 19.6. The minimum absolute atomic E-state index is 0.0556. The minimum atomic E-state index is -0.722. The molecule has 278 valence electrons. The first-order valence-electron chi connectivity index (χ1n) is 18.8. The summed E-state index contributed by atoms with van der Waals surface area (Å²) in [6, 6.07) is 19.1. The molecule has 3 heterocycles. The Balaban J connectivity index is 1.18. The summed E-state index contributed by atoms with van der Waals surface area (Å²) in [4.78, 5) is 40.2. The lowest BCUT2D eigenvalue weighted by Gasteiger charge is -2.26. The van der Waals surface area contributed by atoms with E-state index < -0.39 is 6.04 Å². The predicted molar refractivity (Wildman–Crippen MR) is 210 cm³/mol. The molecular weight excluding hydrogens is 671 g/mol. The average molecular weight is 726 g/mol. The van der Waals surface area contributed by atoms with Crippen molar-refractivity contribution in [2.45, 2.75) is 84.1 Å². The number of nitrogens with one attached hydrogen (secondary N) is 2. The van der Waals surface area contributed by atoms with Crippen molar-refractivity contribution in [3.05, 3.63) is 88.4 Å². The van der Waals surface area contributed by atoms with Crippen LogP contribution in [0.3, 0.4) is 0 Å². The van der Waals surface area contributed by atoms with Crippen molar-refractivity contribution in [3.63, 3.8) is 0 Å². The molecule has 2 amide bonds. The van der Waals surface area contributed by atoms with Gasteiger partial charge in [0.25, 0.3) is 5.91 Å². The smallest absolute Gasteiger partial charge is 0.262 e. The molecule has 2 aromatic heterocycles. The lowest BCUT2D eigenvalue weighted by Crippen LogP contribution is -2.48. The molecule has 1 fully saturated rings. The largest absolute Gasteiger partial charge is 0.494 e. The van der Waals surface area contributed by atoms with Crippen LogP contribution in [0.25, 0.3) is 22.5 Å². The maximum atomic E-state index is 13.5. The van der Waals surface area contributed by atoms with Crippen molar-refractivity contribution in [2.24, 2.45) is 0 Å². The molecule has 0 unspecified atom stereocenters. The van der Waals surface area contributed by atoms with E-state index >= 15 is 0 Å². The molecule has 4 aromatic rings. The van der Waals surface area contributed by atoms with E-state index in [2.05, 4.69) is 53.2 Å². The van der Waals surface area contributed by atoms with E-state index in [9.17, 15) is 9.59 Å². The second kappa shape index (κ2) is 19.6. The highest BCUT2D eigenvalue weighted by Crippen LogP contribution is 2.29. The number of rotatable bonds is 18.